The van der Waals surface area contributed by atoms with Crippen LogP contribution in [-0.2, 0) is 20.7 Å². The predicted molar refractivity (Wildman–Crippen MR) is 131 cm³/mol. The topological polar surface area (TPSA) is 97.4 Å². The summed E-state index contributed by atoms with van der Waals surface area (Å²) < 4.78 is 5.61. The molecule has 3 rings (SSSR count). The lowest BCUT2D eigenvalue weighted by Gasteiger charge is -2.16. The van der Waals surface area contributed by atoms with E-state index in [0.717, 1.165) is 5.56 Å². The van der Waals surface area contributed by atoms with Crippen LogP contribution in [0.2, 0.25) is 0 Å². The Labute approximate surface area is 201 Å². The van der Waals surface area contributed by atoms with E-state index in [1.54, 1.807) is 36.6 Å². The van der Waals surface area contributed by atoms with Gasteiger partial charge in [-0.1, -0.05) is 54.2 Å². The van der Waals surface area contributed by atoms with Gasteiger partial charge in [-0.3, -0.25) is 14.4 Å². The molecule has 2 aromatic carbocycles. The predicted octanol–water partition coefficient (Wildman–Crippen LogP) is 4.47. The molecule has 0 aliphatic rings. The number of esters is 1. The molecule has 0 spiro atoms. The van der Waals surface area contributed by atoms with Crippen molar-refractivity contribution in [2.45, 2.75) is 30.6 Å². The highest BCUT2D eigenvalue weighted by atomic mass is 32.2. The van der Waals surface area contributed by atoms with Crippen LogP contribution in [0.15, 0.2) is 64.3 Å². The van der Waals surface area contributed by atoms with Gasteiger partial charge in [0.1, 0.15) is 0 Å². The van der Waals surface area contributed by atoms with Crippen LogP contribution in [-0.4, -0.2) is 35.1 Å². The summed E-state index contributed by atoms with van der Waals surface area (Å²) in [6.07, 6.45) is 0.112. The second-order valence-electron chi connectivity index (χ2n) is 7.07. The second kappa shape index (κ2) is 12.2. The van der Waals surface area contributed by atoms with E-state index in [-0.39, 0.29) is 36.0 Å². The number of nitrogens with one attached hydrogen (secondary N) is 2. The Bertz CT molecular complexity index is 1100. The number of anilines is 1. The van der Waals surface area contributed by atoms with Gasteiger partial charge in [0.25, 0.3) is 5.91 Å². The maximum atomic E-state index is 12.8. The minimum atomic E-state index is -0.325. The van der Waals surface area contributed by atoms with E-state index in [1.165, 1.54) is 23.1 Å². The van der Waals surface area contributed by atoms with Crippen molar-refractivity contribution in [3.8, 4) is 0 Å². The summed E-state index contributed by atoms with van der Waals surface area (Å²) in [5, 5.41) is 7.56. The van der Waals surface area contributed by atoms with E-state index in [4.69, 9.17) is 4.74 Å². The summed E-state index contributed by atoms with van der Waals surface area (Å²) in [6, 6.07) is 16.4. The lowest BCUT2D eigenvalue weighted by Crippen LogP contribution is -2.28. The van der Waals surface area contributed by atoms with Gasteiger partial charge in [0.05, 0.1) is 41.8 Å². The van der Waals surface area contributed by atoms with E-state index >= 15 is 0 Å². The summed E-state index contributed by atoms with van der Waals surface area (Å²) >= 11 is 2.64. The Kier molecular flexibility index (Phi) is 9.03. The highest BCUT2D eigenvalue weighted by molar-refractivity contribution is 8.01. The van der Waals surface area contributed by atoms with Crippen LogP contribution in [0.3, 0.4) is 0 Å². The molecule has 1 aromatic heterocycles. The number of thioether (sulfide) groups is 1. The van der Waals surface area contributed by atoms with E-state index in [9.17, 15) is 14.4 Å². The van der Waals surface area contributed by atoms with Gasteiger partial charge >= 0.3 is 5.97 Å². The largest absolute Gasteiger partial charge is 0.466 e. The van der Waals surface area contributed by atoms with Crippen molar-refractivity contribution in [3.63, 3.8) is 0 Å². The SMILES string of the molecule is CCOC(=O)Cc1csc(SCC(=O)Nc2ccccc2C(=O)N[C@H](C)c2ccccc2)n1. The monoisotopic (exact) mass is 483 g/mol. The van der Waals surface area contributed by atoms with E-state index in [1.807, 2.05) is 37.3 Å². The molecule has 1 atom stereocenters. The molecule has 1 heterocycles. The summed E-state index contributed by atoms with van der Waals surface area (Å²) in [5.74, 6) is -0.714. The summed E-state index contributed by atoms with van der Waals surface area (Å²) in [7, 11) is 0. The normalized spacial score (nSPS) is 11.5. The molecule has 0 saturated heterocycles. The van der Waals surface area contributed by atoms with Gasteiger partial charge in [-0.2, -0.15) is 0 Å². The number of nitrogens with zero attached hydrogens (tertiary/aromatic N) is 1. The van der Waals surface area contributed by atoms with Crippen molar-refractivity contribution in [1.29, 1.82) is 0 Å². The Morgan fingerprint density at radius 3 is 2.58 bits per heavy atom. The lowest BCUT2D eigenvalue weighted by atomic mass is 10.1. The maximum absolute atomic E-state index is 12.8. The van der Waals surface area contributed by atoms with E-state index < -0.39 is 0 Å². The number of benzene rings is 2. The standard InChI is InChI=1S/C24H25N3O4S2/c1-3-31-22(29)13-18-14-32-24(26-18)33-15-21(28)27-20-12-8-7-11-19(20)23(30)25-16(2)17-9-5-4-6-10-17/h4-12,14,16H,3,13,15H2,1-2H3,(H,25,30)(H,27,28)/t16-/m1/s1. The smallest absolute Gasteiger partial charge is 0.311 e. The molecule has 0 bridgehead atoms. The van der Waals surface area contributed by atoms with Gasteiger partial charge in [-0.05, 0) is 31.5 Å². The number of rotatable bonds is 10. The first kappa shape index (κ1) is 24.5. The number of aromatic nitrogens is 1. The molecule has 0 saturated carbocycles. The molecule has 0 radical (unpaired) electrons. The molecule has 33 heavy (non-hydrogen) atoms. The number of hydrogen-bond acceptors (Lipinski definition) is 7. The minimum absolute atomic E-state index is 0.112. The van der Waals surface area contributed by atoms with Gasteiger partial charge in [-0.25, -0.2) is 4.98 Å². The van der Waals surface area contributed by atoms with Crippen LogP contribution in [0.5, 0.6) is 0 Å². The van der Waals surface area contributed by atoms with Crippen molar-refractivity contribution >= 4 is 46.6 Å². The summed E-state index contributed by atoms with van der Waals surface area (Å²) in [6.45, 7) is 4.00. The third-order valence-corrected chi connectivity index (χ3v) is 6.65. The molecule has 7 nitrogen and oxygen atoms in total. The molecule has 0 fully saturated rings. The molecule has 0 aliphatic carbocycles. The first-order chi connectivity index (χ1) is 16.0. The van der Waals surface area contributed by atoms with Crippen molar-refractivity contribution in [1.82, 2.24) is 10.3 Å². The zero-order valence-electron chi connectivity index (χ0n) is 18.4. The molecule has 9 heteroatoms. The molecule has 3 aromatic rings. The Hall–Kier alpha value is -3.17. The number of para-hydroxylation sites is 1. The number of thiazole rings is 1. The maximum Gasteiger partial charge on any atom is 0.311 e. The summed E-state index contributed by atoms with van der Waals surface area (Å²) in [4.78, 5) is 41.3. The number of carbonyl (C=O) groups excluding carboxylic acids is 3. The molecule has 2 amide bonds. The first-order valence-corrected chi connectivity index (χ1v) is 12.3. The average Bonchev–Trinajstić information content (AvgIpc) is 3.26. The summed E-state index contributed by atoms with van der Waals surface area (Å²) in [5.41, 5.74) is 2.46. The van der Waals surface area contributed by atoms with Crippen LogP contribution in [0.25, 0.3) is 0 Å². The van der Waals surface area contributed by atoms with Crippen molar-refractivity contribution in [2.24, 2.45) is 0 Å². The van der Waals surface area contributed by atoms with Crippen LogP contribution >= 0.6 is 23.1 Å². The molecule has 0 unspecified atom stereocenters. The van der Waals surface area contributed by atoms with E-state index in [0.29, 0.717) is 27.9 Å². The van der Waals surface area contributed by atoms with Gasteiger partial charge < -0.3 is 15.4 Å². The third kappa shape index (κ3) is 7.44. The number of amides is 2. The Morgan fingerprint density at radius 2 is 1.82 bits per heavy atom. The zero-order chi connectivity index (χ0) is 23.6. The van der Waals surface area contributed by atoms with Crippen LogP contribution in [0.4, 0.5) is 5.69 Å². The van der Waals surface area contributed by atoms with Crippen molar-refractivity contribution < 1.29 is 19.1 Å². The second-order valence-corrected chi connectivity index (χ2v) is 9.16. The fraction of sp³-hybridized carbons (Fsp3) is 0.250. The highest BCUT2D eigenvalue weighted by Crippen LogP contribution is 2.24. The lowest BCUT2D eigenvalue weighted by molar-refractivity contribution is -0.142. The Morgan fingerprint density at radius 1 is 1.09 bits per heavy atom. The molecule has 0 aliphatic heterocycles. The number of hydrogen-bond donors (Lipinski definition) is 2. The first-order valence-electron chi connectivity index (χ1n) is 10.4. The van der Waals surface area contributed by atoms with Gasteiger partial charge in [0, 0.05) is 5.38 Å². The molecule has 2 N–H and O–H groups in total. The van der Waals surface area contributed by atoms with Crippen LogP contribution < -0.4 is 10.6 Å². The third-order valence-electron chi connectivity index (χ3n) is 4.58. The van der Waals surface area contributed by atoms with Gasteiger partial charge in [0.2, 0.25) is 5.91 Å². The fourth-order valence-corrected chi connectivity index (χ4v) is 4.64. The van der Waals surface area contributed by atoms with Crippen LogP contribution in [0.1, 0.15) is 41.5 Å². The van der Waals surface area contributed by atoms with Gasteiger partial charge in [0.15, 0.2) is 4.34 Å². The quantitative estimate of drug-likeness (QED) is 0.326. The molecule has 172 valence electrons. The highest BCUT2D eigenvalue weighted by Gasteiger charge is 2.16. The average molecular weight is 484 g/mol. The molecular weight excluding hydrogens is 458 g/mol. The van der Waals surface area contributed by atoms with Gasteiger partial charge in [-0.15, -0.1) is 11.3 Å². The van der Waals surface area contributed by atoms with E-state index in [2.05, 4.69) is 15.6 Å². The molecular formula is C24H25N3O4S2. The number of carbonyl (C=O) groups is 3. The van der Waals surface area contributed by atoms with Crippen LogP contribution in [0, 0.1) is 0 Å². The minimum Gasteiger partial charge on any atom is -0.466 e. The van der Waals surface area contributed by atoms with Crippen molar-refractivity contribution in [3.05, 3.63) is 76.8 Å². The fourth-order valence-electron chi connectivity index (χ4n) is 3.00. The number of ether oxygens (including phenoxy) is 1. The Balaban J connectivity index is 1.56. The zero-order valence-corrected chi connectivity index (χ0v) is 20.0. The van der Waals surface area contributed by atoms with Crippen molar-refractivity contribution in [2.75, 3.05) is 17.7 Å².